The molecule has 2 aliphatic heterocycles. The highest BCUT2D eigenvalue weighted by molar-refractivity contribution is 6.30. The largest absolute Gasteiger partial charge is 0.467 e. The number of aliphatic imine (C=N–C) groups is 1. The molecule has 0 radical (unpaired) electrons. The van der Waals surface area contributed by atoms with E-state index in [9.17, 15) is 5.26 Å². The first-order valence-electron chi connectivity index (χ1n) is 8.05. The van der Waals surface area contributed by atoms with Crippen LogP contribution in [0.5, 0.6) is 5.75 Å². The number of nitriles is 2. The zero-order valence-corrected chi connectivity index (χ0v) is 15.0. The van der Waals surface area contributed by atoms with Gasteiger partial charge < -0.3 is 26.3 Å². The molecule has 0 aliphatic carbocycles. The Bertz CT molecular complexity index is 1100. The summed E-state index contributed by atoms with van der Waals surface area (Å²) in [5.74, 6) is 0.966. The predicted octanol–water partition coefficient (Wildman–Crippen LogP) is 1.58. The van der Waals surface area contributed by atoms with Gasteiger partial charge in [0.25, 0.3) is 0 Å². The van der Waals surface area contributed by atoms with Crippen LogP contribution in [-0.4, -0.2) is 17.7 Å². The number of nitrogens with one attached hydrogen (secondary N) is 2. The van der Waals surface area contributed by atoms with Crippen molar-refractivity contribution in [3.63, 3.8) is 0 Å². The van der Waals surface area contributed by atoms with Crippen molar-refractivity contribution in [1.82, 2.24) is 10.3 Å². The number of anilines is 3. The van der Waals surface area contributed by atoms with Crippen LogP contribution in [0.1, 0.15) is 28.3 Å². The molecule has 0 fully saturated rings. The van der Waals surface area contributed by atoms with E-state index in [0.29, 0.717) is 28.5 Å². The van der Waals surface area contributed by atoms with Crippen LogP contribution in [0.15, 0.2) is 17.1 Å². The number of ether oxygens (including phenoxy) is 2. The minimum absolute atomic E-state index is 0.0269. The lowest BCUT2D eigenvalue weighted by Gasteiger charge is -2.29. The van der Waals surface area contributed by atoms with Gasteiger partial charge in [-0.2, -0.15) is 10.5 Å². The number of nitrogens with zero attached hydrogens (tertiary/aromatic N) is 4. The average molecular weight is 397 g/mol. The van der Waals surface area contributed by atoms with Gasteiger partial charge in [-0.15, -0.1) is 0 Å². The molecule has 1 unspecified atom stereocenters. The molecule has 1 aromatic carbocycles. The lowest BCUT2D eigenvalue weighted by molar-refractivity contribution is -0.0171. The molecule has 1 aromatic heterocycles. The van der Waals surface area contributed by atoms with E-state index in [0.717, 1.165) is 5.56 Å². The normalized spacial score (nSPS) is 17.0. The zero-order valence-electron chi connectivity index (χ0n) is 14.3. The second-order valence-electron chi connectivity index (χ2n) is 6.00. The Labute approximate surface area is 164 Å². The van der Waals surface area contributed by atoms with Crippen molar-refractivity contribution in [3.8, 4) is 18.0 Å². The maximum Gasteiger partial charge on any atom is 0.211 e. The molecule has 1 atom stereocenters. The van der Waals surface area contributed by atoms with E-state index in [4.69, 9.17) is 37.8 Å². The number of halogens is 1. The summed E-state index contributed by atoms with van der Waals surface area (Å²) in [7, 11) is 0. The van der Waals surface area contributed by atoms with Gasteiger partial charge in [0.1, 0.15) is 35.1 Å². The number of nitrogen functional groups attached to an aromatic ring is 2. The monoisotopic (exact) mass is 396 g/mol. The Morgan fingerprint density at radius 3 is 2.89 bits per heavy atom. The summed E-state index contributed by atoms with van der Waals surface area (Å²) < 4.78 is 11.0. The third kappa shape index (κ3) is 2.77. The summed E-state index contributed by atoms with van der Waals surface area (Å²) in [6.45, 7) is 0.401. The van der Waals surface area contributed by atoms with Crippen LogP contribution in [-0.2, 0) is 11.3 Å². The first-order chi connectivity index (χ1) is 13.5. The summed E-state index contributed by atoms with van der Waals surface area (Å²) in [5.41, 5.74) is 14.1. The number of hydrogen-bond donors (Lipinski definition) is 4. The fraction of sp³-hybridized carbons (Fsp3) is 0.176. The number of guanidine groups is 1. The van der Waals surface area contributed by atoms with Crippen LogP contribution in [0.25, 0.3) is 0 Å². The quantitative estimate of drug-likeness (QED) is 0.413. The first-order valence-corrected chi connectivity index (χ1v) is 8.43. The van der Waals surface area contributed by atoms with Gasteiger partial charge in [0, 0.05) is 21.7 Å². The first kappa shape index (κ1) is 17.7. The maximum absolute atomic E-state index is 9.41. The highest BCUT2D eigenvalue weighted by atomic mass is 35.5. The van der Waals surface area contributed by atoms with E-state index < -0.39 is 6.04 Å². The lowest BCUT2D eigenvalue weighted by Crippen LogP contribution is -2.33. The Hall–Kier alpha value is -3.73. The van der Waals surface area contributed by atoms with Crippen LogP contribution in [0.4, 0.5) is 17.3 Å². The van der Waals surface area contributed by atoms with Gasteiger partial charge >= 0.3 is 0 Å². The van der Waals surface area contributed by atoms with E-state index in [-0.39, 0.29) is 35.6 Å². The predicted molar refractivity (Wildman–Crippen MR) is 101 cm³/mol. The third-order valence-corrected chi connectivity index (χ3v) is 4.57. The summed E-state index contributed by atoms with van der Waals surface area (Å²) in [6.07, 6.45) is 1.80. The molecule has 0 amide bonds. The van der Waals surface area contributed by atoms with Crippen molar-refractivity contribution in [2.24, 2.45) is 4.99 Å². The second kappa shape index (κ2) is 6.78. The fourth-order valence-corrected chi connectivity index (χ4v) is 3.47. The van der Waals surface area contributed by atoms with Gasteiger partial charge in [0.05, 0.1) is 12.3 Å². The molecule has 4 rings (SSSR count). The van der Waals surface area contributed by atoms with Crippen LogP contribution in [0.3, 0.4) is 0 Å². The maximum atomic E-state index is 9.41. The average Bonchev–Trinajstić information content (AvgIpc) is 2.67. The molecule has 0 saturated carbocycles. The Morgan fingerprint density at radius 1 is 1.32 bits per heavy atom. The molecular formula is C17H13ClN8O2. The van der Waals surface area contributed by atoms with E-state index in [2.05, 4.69) is 20.6 Å². The highest BCUT2D eigenvalue weighted by Crippen LogP contribution is 2.45. The zero-order chi connectivity index (χ0) is 19.8. The minimum Gasteiger partial charge on any atom is -0.467 e. The van der Waals surface area contributed by atoms with E-state index >= 15 is 0 Å². The third-order valence-electron chi connectivity index (χ3n) is 4.36. The highest BCUT2D eigenvalue weighted by Gasteiger charge is 2.33. The summed E-state index contributed by atoms with van der Waals surface area (Å²) in [4.78, 5) is 8.74. The number of aromatic nitrogens is 1. The number of hydrogen-bond acceptors (Lipinski definition) is 10. The van der Waals surface area contributed by atoms with Crippen LogP contribution < -0.4 is 26.8 Å². The van der Waals surface area contributed by atoms with Gasteiger partial charge in [0.15, 0.2) is 13.0 Å². The number of nitrogens with two attached hydrogens (primary N) is 2. The summed E-state index contributed by atoms with van der Waals surface area (Å²) >= 11 is 6.29. The van der Waals surface area contributed by atoms with Gasteiger partial charge in [-0.3, -0.25) is 5.32 Å². The van der Waals surface area contributed by atoms with Crippen molar-refractivity contribution in [3.05, 3.63) is 39.4 Å². The molecule has 11 heteroatoms. The van der Waals surface area contributed by atoms with Gasteiger partial charge in [-0.05, 0) is 12.1 Å². The molecule has 0 saturated heterocycles. The number of fused-ring (bicyclic) bond motifs is 2. The van der Waals surface area contributed by atoms with Crippen molar-refractivity contribution >= 4 is 34.9 Å². The molecule has 2 aliphatic rings. The summed E-state index contributed by atoms with van der Waals surface area (Å²) in [5, 5.41) is 24.2. The Kier molecular flexibility index (Phi) is 4.28. The second-order valence-corrected chi connectivity index (χ2v) is 6.43. The van der Waals surface area contributed by atoms with Crippen molar-refractivity contribution in [1.29, 1.82) is 10.5 Å². The van der Waals surface area contributed by atoms with Gasteiger partial charge in [-0.25, -0.2) is 9.98 Å². The van der Waals surface area contributed by atoms with E-state index in [1.54, 1.807) is 18.3 Å². The van der Waals surface area contributed by atoms with E-state index in [1.165, 1.54) is 0 Å². The fourth-order valence-electron chi connectivity index (χ4n) is 3.22. The standard InChI is InChI=1S/C17H13ClN8O2/c18-8-1-7-4-27-6-28-14(7)9(2-8)13-11-12(21)10(3-19)15(22)25-16(11)26-17(24-13)23-5-20/h1-2,13H,4,6H2,(H6,21,22,23,24,25,26). The topological polar surface area (TPSA) is 167 Å². The molecule has 28 heavy (non-hydrogen) atoms. The van der Waals surface area contributed by atoms with Gasteiger partial charge in [0.2, 0.25) is 5.96 Å². The molecule has 6 N–H and O–H groups in total. The summed E-state index contributed by atoms with van der Waals surface area (Å²) in [6, 6.07) is 4.66. The Balaban J connectivity index is 1.99. The van der Waals surface area contributed by atoms with Crippen LogP contribution >= 0.6 is 11.6 Å². The molecule has 0 spiro atoms. The smallest absolute Gasteiger partial charge is 0.211 e. The van der Waals surface area contributed by atoms with E-state index in [1.807, 2.05) is 6.07 Å². The lowest BCUT2D eigenvalue weighted by atomic mass is 9.93. The minimum atomic E-state index is -0.738. The SMILES string of the molecule is N#CNC1=NC(c2cc(Cl)cc3c2OCOC3)c2c(nc(N)c(C#N)c2N)N1. The molecule has 3 heterocycles. The number of benzene rings is 1. The van der Waals surface area contributed by atoms with Crippen molar-refractivity contribution < 1.29 is 9.47 Å². The molecule has 140 valence electrons. The number of rotatable bonds is 1. The van der Waals surface area contributed by atoms with Crippen LogP contribution in [0, 0.1) is 22.8 Å². The molecule has 10 nitrogen and oxygen atoms in total. The van der Waals surface area contributed by atoms with Crippen molar-refractivity contribution in [2.75, 3.05) is 23.6 Å². The number of pyridine rings is 1. The molecule has 0 bridgehead atoms. The van der Waals surface area contributed by atoms with Crippen LogP contribution in [0.2, 0.25) is 5.02 Å². The van der Waals surface area contributed by atoms with Crippen molar-refractivity contribution in [2.45, 2.75) is 12.6 Å². The molecule has 2 aromatic rings. The van der Waals surface area contributed by atoms with Gasteiger partial charge in [-0.1, -0.05) is 11.6 Å². The molecular weight excluding hydrogens is 384 g/mol. The Morgan fingerprint density at radius 2 is 2.14 bits per heavy atom.